The number of carbonyl (C=O) groups is 1. The highest BCUT2D eigenvalue weighted by atomic mass is 35.5. The van der Waals surface area contributed by atoms with Gasteiger partial charge in [0.15, 0.2) is 5.01 Å². The number of aromatic nitrogens is 3. The van der Waals surface area contributed by atoms with Crippen molar-refractivity contribution in [1.29, 1.82) is 0 Å². The molecule has 1 aliphatic heterocycles. The van der Waals surface area contributed by atoms with Gasteiger partial charge in [0.25, 0.3) is 23.3 Å². The monoisotopic (exact) mass is 682 g/mol. The van der Waals surface area contributed by atoms with Gasteiger partial charge in [0, 0.05) is 37.9 Å². The van der Waals surface area contributed by atoms with Crippen LogP contribution in [0.1, 0.15) is 48.6 Å². The second kappa shape index (κ2) is 11.1. The van der Waals surface area contributed by atoms with Crippen molar-refractivity contribution in [1.82, 2.24) is 20.1 Å². The van der Waals surface area contributed by atoms with E-state index in [0.29, 0.717) is 11.3 Å². The molecule has 3 aromatic rings. The molecule has 236 valence electrons. The fourth-order valence-corrected chi connectivity index (χ4v) is 5.60. The molecule has 1 fully saturated rings. The van der Waals surface area contributed by atoms with Crippen molar-refractivity contribution in [3.05, 3.63) is 39.3 Å². The van der Waals surface area contributed by atoms with Gasteiger partial charge < -0.3 is 19.5 Å². The first-order valence-electron chi connectivity index (χ1n) is 12.1. The minimum Gasteiger partial charge on any atom is -0.415 e. The average Bonchev–Trinajstić information content (AvgIpc) is 3.53. The highest BCUT2D eigenvalue weighted by Gasteiger charge is 2.70. The molecular formula is C24H20Cl2F8N4O4S. The van der Waals surface area contributed by atoms with Crippen LogP contribution >= 0.6 is 34.5 Å². The third kappa shape index (κ3) is 6.45. The van der Waals surface area contributed by atoms with Gasteiger partial charge >= 0.3 is 12.4 Å². The first-order valence-corrected chi connectivity index (χ1v) is 13.7. The molecule has 1 aromatic carbocycles. The number of thiazole rings is 1. The van der Waals surface area contributed by atoms with E-state index < -0.39 is 70.3 Å². The van der Waals surface area contributed by atoms with Crippen LogP contribution < -0.4 is 0 Å². The maximum Gasteiger partial charge on any atom is 0.426 e. The van der Waals surface area contributed by atoms with E-state index in [1.165, 1.54) is 13.8 Å². The number of piperidine rings is 1. The largest absolute Gasteiger partial charge is 0.426 e. The predicted molar refractivity (Wildman–Crippen MR) is 137 cm³/mol. The molecular weight excluding hydrogens is 663 g/mol. The molecule has 4 rings (SSSR count). The summed E-state index contributed by atoms with van der Waals surface area (Å²) in [7, 11) is 0. The van der Waals surface area contributed by atoms with Gasteiger partial charge in [0.05, 0.1) is 14.9 Å². The van der Waals surface area contributed by atoms with Crippen LogP contribution in [0.25, 0.3) is 21.3 Å². The number of hydrogen-bond acceptors (Lipinski definition) is 8. The fraction of sp³-hybridized carbons (Fsp3) is 0.500. The van der Waals surface area contributed by atoms with E-state index in [2.05, 4.69) is 15.2 Å². The minimum atomic E-state index is -6.12. The number of halogens is 10. The molecule has 1 aliphatic rings. The third-order valence-corrected chi connectivity index (χ3v) is 8.53. The summed E-state index contributed by atoms with van der Waals surface area (Å²) in [5.74, 6) is -4.33. The Labute approximate surface area is 251 Å². The maximum absolute atomic E-state index is 13.7. The zero-order valence-corrected chi connectivity index (χ0v) is 24.2. The van der Waals surface area contributed by atoms with Crippen LogP contribution in [0.3, 0.4) is 0 Å². The van der Waals surface area contributed by atoms with E-state index >= 15 is 0 Å². The molecule has 3 heterocycles. The molecule has 0 aliphatic carbocycles. The highest BCUT2D eigenvalue weighted by Crippen LogP contribution is 2.48. The van der Waals surface area contributed by atoms with Crippen LogP contribution in [0.15, 0.2) is 16.5 Å². The summed E-state index contributed by atoms with van der Waals surface area (Å²) in [6, 6.07) is 1.74. The van der Waals surface area contributed by atoms with E-state index in [4.69, 9.17) is 27.6 Å². The fourth-order valence-electron chi connectivity index (χ4n) is 4.02. The summed E-state index contributed by atoms with van der Waals surface area (Å²) < 4.78 is 113. The topological polar surface area (TPSA) is 113 Å². The Kier molecular flexibility index (Phi) is 8.58. The van der Waals surface area contributed by atoms with Gasteiger partial charge in [-0.05, 0) is 19.4 Å². The van der Waals surface area contributed by atoms with Crippen molar-refractivity contribution < 1.29 is 54.5 Å². The summed E-state index contributed by atoms with van der Waals surface area (Å²) in [5.41, 5.74) is -8.06. The summed E-state index contributed by atoms with van der Waals surface area (Å²) in [6.45, 7) is 2.01. The SMILES string of the molecule is CC(C)(O)c1nnc(-c2nc(C(=O)N3CCC(F)(F)CC3)c(-c3ccc(CC(O)(C(F)(F)F)C(F)(F)F)c(Cl)c3Cl)s2)o1. The number of likely N-dealkylation sites (tertiary alicyclic amines) is 1. The molecule has 19 heteroatoms. The number of hydrogen-bond donors (Lipinski definition) is 2. The quantitative estimate of drug-likeness (QED) is 0.280. The third-order valence-electron chi connectivity index (χ3n) is 6.53. The normalized spacial score (nSPS) is 16.6. The molecule has 43 heavy (non-hydrogen) atoms. The van der Waals surface area contributed by atoms with Crippen LogP contribution in [-0.4, -0.2) is 73.2 Å². The van der Waals surface area contributed by atoms with E-state index in [0.717, 1.165) is 17.0 Å². The lowest BCUT2D eigenvalue weighted by molar-refractivity contribution is -0.367. The van der Waals surface area contributed by atoms with Gasteiger partial charge in [0.1, 0.15) is 11.3 Å². The lowest BCUT2D eigenvalue weighted by atomic mass is 9.92. The Balaban J connectivity index is 1.81. The van der Waals surface area contributed by atoms with Crippen LogP contribution in [-0.2, 0) is 12.0 Å². The molecule has 1 saturated heterocycles. The van der Waals surface area contributed by atoms with Gasteiger partial charge in [-0.2, -0.15) is 26.3 Å². The maximum atomic E-state index is 13.7. The Hall–Kier alpha value is -2.60. The van der Waals surface area contributed by atoms with Gasteiger partial charge in [-0.1, -0.05) is 35.3 Å². The number of amides is 1. The number of alkyl halides is 8. The molecule has 0 atom stereocenters. The van der Waals surface area contributed by atoms with Crippen molar-refractivity contribution in [3.63, 3.8) is 0 Å². The standard InChI is InChI=1S/C24H20Cl2F8N4O4S/c1-20(2,40)19-37-36-16(42-19)17-35-14(18(39)38-7-5-21(27,28)6-8-38)15(43-17)11-4-3-10(12(25)13(11)26)9-22(41,23(29,30)31)24(32,33)34/h3-4,40-41H,5-9H2,1-2H3. The number of nitrogens with zero attached hydrogens (tertiary/aromatic N) is 4. The smallest absolute Gasteiger partial charge is 0.415 e. The molecule has 0 saturated carbocycles. The predicted octanol–water partition coefficient (Wildman–Crippen LogP) is 6.66. The van der Waals surface area contributed by atoms with Crippen LogP contribution in [0.4, 0.5) is 35.1 Å². The number of rotatable bonds is 6. The average molecular weight is 683 g/mol. The number of benzene rings is 1. The minimum absolute atomic E-state index is 0.0966. The van der Waals surface area contributed by atoms with E-state index in [9.17, 15) is 50.1 Å². The Morgan fingerprint density at radius 2 is 1.60 bits per heavy atom. The number of carbonyl (C=O) groups excluding carboxylic acids is 1. The van der Waals surface area contributed by atoms with Crippen molar-refractivity contribution >= 4 is 40.4 Å². The van der Waals surface area contributed by atoms with Gasteiger partial charge in [0.2, 0.25) is 5.89 Å². The zero-order chi connectivity index (χ0) is 32.3. The van der Waals surface area contributed by atoms with Gasteiger partial charge in [-0.15, -0.1) is 21.5 Å². The van der Waals surface area contributed by atoms with Crippen LogP contribution in [0, 0.1) is 0 Å². The molecule has 2 aromatic heterocycles. The molecule has 0 radical (unpaired) electrons. The van der Waals surface area contributed by atoms with Gasteiger partial charge in [-0.3, -0.25) is 4.79 Å². The summed E-state index contributed by atoms with van der Waals surface area (Å²) in [4.78, 5) is 18.6. The molecule has 0 unspecified atom stereocenters. The van der Waals surface area contributed by atoms with Crippen LogP contribution in [0.2, 0.25) is 10.0 Å². The molecule has 2 N–H and O–H groups in total. The molecule has 8 nitrogen and oxygen atoms in total. The van der Waals surface area contributed by atoms with E-state index in [1.807, 2.05) is 0 Å². The van der Waals surface area contributed by atoms with Crippen molar-refractivity contribution in [2.45, 2.75) is 62.6 Å². The summed E-state index contributed by atoms with van der Waals surface area (Å²) in [6.07, 6.45) is -15.5. The van der Waals surface area contributed by atoms with Crippen LogP contribution in [0.5, 0.6) is 0 Å². The van der Waals surface area contributed by atoms with Gasteiger partial charge in [-0.25, -0.2) is 13.8 Å². The second-order valence-corrected chi connectivity index (χ2v) is 12.0. The summed E-state index contributed by atoms with van der Waals surface area (Å²) in [5, 5.41) is 25.8. The number of aliphatic hydroxyl groups is 2. The summed E-state index contributed by atoms with van der Waals surface area (Å²) >= 11 is 13.1. The zero-order valence-electron chi connectivity index (χ0n) is 21.9. The Bertz CT molecular complexity index is 1510. The molecule has 1 amide bonds. The first-order chi connectivity index (χ1) is 19.6. The highest BCUT2D eigenvalue weighted by molar-refractivity contribution is 7.18. The Morgan fingerprint density at radius 1 is 1.02 bits per heavy atom. The van der Waals surface area contributed by atoms with E-state index in [-0.39, 0.29) is 46.0 Å². The Morgan fingerprint density at radius 3 is 2.12 bits per heavy atom. The van der Waals surface area contributed by atoms with Crippen molar-refractivity contribution in [2.24, 2.45) is 0 Å². The lowest BCUT2D eigenvalue weighted by Crippen LogP contribution is -2.58. The molecule has 0 bridgehead atoms. The lowest BCUT2D eigenvalue weighted by Gasteiger charge is -2.32. The van der Waals surface area contributed by atoms with Crippen molar-refractivity contribution in [2.75, 3.05) is 13.1 Å². The second-order valence-electron chi connectivity index (χ2n) is 10.2. The van der Waals surface area contributed by atoms with Crippen molar-refractivity contribution in [3.8, 4) is 21.3 Å². The first kappa shape index (κ1) is 33.3. The van der Waals surface area contributed by atoms with E-state index in [1.54, 1.807) is 0 Å². The molecule has 0 spiro atoms.